The van der Waals surface area contributed by atoms with Crippen LogP contribution in [0.3, 0.4) is 0 Å². The molecular weight excluding hydrogens is 386 g/mol. The molecule has 28 heavy (non-hydrogen) atoms. The van der Waals surface area contributed by atoms with E-state index in [1.54, 1.807) is 18.3 Å². The van der Waals surface area contributed by atoms with E-state index in [1.807, 2.05) is 20.8 Å². The Morgan fingerprint density at radius 3 is 2.75 bits per heavy atom. The number of nitrogens with zero attached hydrogens (tertiary/aromatic N) is 2. The summed E-state index contributed by atoms with van der Waals surface area (Å²) < 4.78 is 32.9. The molecular formula is C20H23ClF2N4O. The van der Waals surface area contributed by atoms with Gasteiger partial charge >= 0.3 is 0 Å². The maximum Gasteiger partial charge on any atom is 0.284 e. The Morgan fingerprint density at radius 2 is 2.07 bits per heavy atom. The van der Waals surface area contributed by atoms with E-state index in [0.717, 1.165) is 0 Å². The highest BCUT2D eigenvalue weighted by Gasteiger charge is 2.24. The van der Waals surface area contributed by atoms with Crippen LogP contribution in [0, 0.1) is 5.92 Å². The van der Waals surface area contributed by atoms with Crippen LogP contribution < -0.4 is 10.5 Å². The number of aromatic amines is 1. The predicted octanol–water partition coefficient (Wildman–Crippen LogP) is 5.36. The second-order valence-electron chi connectivity index (χ2n) is 7.67. The van der Waals surface area contributed by atoms with Crippen molar-refractivity contribution in [2.45, 2.75) is 39.2 Å². The number of ether oxygens (including phenoxy) is 1. The van der Waals surface area contributed by atoms with Gasteiger partial charge in [-0.2, -0.15) is 0 Å². The Kier molecular flexibility index (Phi) is 5.86. The fourth-order valence-electron chi connectivity index (χ4n) is 3.31. The number of aromatic nitrogens is 3. The molecule has 0 radical (unpaired) electrons. The lowest BCUT2D eigenvalue weighted by Crippen LogP contribution is -2.43. The largest absolute Gasteiger partial charge is 0.490 e. The molecule has 150 valence electrons. The van der Waals surface area contributed by atoms with Gasteiger partial charge in [0.2, 0.25) is 0 Å². The lowest BCUT2D eigenvalue weighted by molar-refractivity contribution is 0.134. The molecule has 1 atom stereocenters. The first kappa shape index (κ1) is 20.5. The first-order valence-electron chi connectivity index (χ1n) is 9.00. The average molecular weight is 409 g/mol. The lowest BCUT2D eigenvalue weighted by atomic mass is 9.93. The van der Waals surface area contributed by atoms with Crippen LogP contribution in [0.5, 0.6) is 5.75 Å². The summed E-state index contributed by atoms with van der Waals surface area (Å²) in [6, 6.07) is 4.86. The molecule has 3 aromatic rings. The summed E-state index contributed by atoms with van der Waals surface area (Å²) in [6.07, 6.45) is 1.12. The summed E-state index contributed by atoms with van der Waals surface area (Å²) >= 11 is 6.01. The average Bonchev–Trinajstić information content (AvgIpc) is 3.01. The minimum atomic E-state index is -2.78. The molecule has 0 unspecified atom stereocenters. The molecule has 0 spiro atoms. The maximum atomic E-state index is 13.6. The number of fused-ring (bicyclic) bond motifs is 1. The molecule has 5 nitrogen and oxygen atoms in total. The monoisotopic (exact) mass is 408 g/mol. The molecule has 3 heterocycles. The van der Waals surface area contributed by atoms with Gasteiger partial charge in [-0.1, -0.05) is 25.4 Å². The Hall–Kier alpha value is -2.25. The molecule has 0 aliphatic rings. The number of hydrogen-bond donors (Lipinski definition) is 2. The number of alkyl halides is 2. The van der Waals surface area contributed by atoms with Crippen molar-refractivity contribution in [2.24, 2.45) is 11.7 Å². The van der Waals surface area contributed by atoms with Crippen LogP contribution in [0.1, 0.15) is 39.3 Å². The van der Waals surface area contributed by atoms with E-state index in [9.17, 15) is 8.78 Å². The fourth-order valence-corrected chi connectivity index (χ4v) is 3.47. The number of hydrogen-bond acceptors (Lipinski definition) is 4. The van der Waals surface area contributed by atoms with Gasteiger partial charge in [-0.15, -0.1) is 0 Å². The molecule has 0 fully saturated rings. The van der Waals surface area contributed by atoms with Crippen molar-refractivity contribution in [2.75, 3.05) is 6.61 Å². The van der Waals surface area contributed by atoms with Crippen LogP contribution in [0.25, 0.3) is 22.3 Å². The summed E-state index contributed by atoms with van der Waals surface area (Å²) in [5.41, 5.74) is 6.81. The van der Waals surface area contributed by atoms with Crippen LogP contribution in [0.2, 0.25) is 5.02 Å². The number of pyridine rings is 2. The van der Waals surface area contributed by atoms with Crippen LogP contribution in [0.4, 0.5) is 8.78 Å². The molecule has 0 aliphatic heterocycles. The SMILES string of the molecule is CC(C)C[C@](C)(N)COc1ccc(-c2c[nH]c3ncc(Cl)cc23)nc1C(F)F. The van der Waals surface area contributed by atoms with Gasteiger partial charge in [-0.05, 0) is 37.5 Å². The van der Waals surface area contributed by atoms with Crippen molar-refractivity contribution in [1.82, 2.24) is 15.0 Å². The number of nitrogens with one attached hydrogen (secondary N) is 1. The highest BCUT2D eigenvalue weighted by molar-refractivity contribution is 6.31. The summed E-state index contributed by atoms with van der Waals surface area (Å²) in [6.45, 7) is 6.07. The zero-order valence-corrected chi connectivity index (χ0v) is 16.7. The van der Waals surface area contributed by atoms with Gasteiger partial charge in [0.1, 0.15) is 23.7 Å². The standard InChI is InChI=1S/C20H23ClF2N4O/c1-11(2)7-20(3,24)10-28-16-5-4-15(27-17(16)18(22)23)14-9-26-19-13(14)6-12(21)8-25-19/h4-6,8-9,11,18H,7,10,24H2,1-3H3,(H,25,26)/t20-/m0/s1. The third kappa shape index (κ3) is 4.59. The molecule has 3 N–H and O–H groups in total. The van der Waals surface area contributed by atoms with Crippen LogP contribution in [-0.2, 0) is 0 Å². The first-order chi connectivity index (χ1) is 13.2. The quantitative estimate of drug-likeness (QED) is 0.551. The highest BCUT2D eigenvalue weighted by Crippen LogP contribution is 2.34. The summed E-state index contributed by atoms with van der Waals surface area (Å²) in [4.78, 5) is 11.3. The van der Waals surface area contributed by atoms with Gasteiger partial charge in [-0.25, -0.2) is 18.7 Å². The van der Waals surface area contributed by atoms with Crippen molar-refractivity contribution in [3.05, 3.63) is 41.3 Å². The van der Waals surface area contributed by atoms with Gasteiger partial charge < -0.3 is 15.5 Å². The van der Waals surface area contributed by atoms with Crippen molar-refractivity contribution < 1.29 is 13.5 Å². The van der Waals surface area contributed by atoms with Gasteiger partial charge in [-0.3, -0.25) is 0 Å². The fraction of sp³-hybridized carbons (Fsp3) is 0.400. The number of rotatable bonds is 7. The van der Waals surface area contributed by atoms with Crippen molar-refractivity contribution in [3.63, 3.8) is 0 Å². The molecule has 0 aromatic carbocycles. The first-order valence-corrected chi connectivity index (χ1v) is 9.38. The van der Waals surface area contributed by atoms with Crippen LogP contribution >= 0.6 is 11.6 Å². The topological polar surface area (TPSA) is 76.8 Å². The predicted molar refractivity (Wildman–Crippen MR) is 107 cm³/mol. The molecule has 0 saturated carbocycles. The van der Waals surface area contributed by atoms with E-state index in [2.05, 4.69) is 15.0 Å². The molecule has 3 aromatic heterocycles. The number of halogens is 3. The Labute approximate surface area is 167 Å². The van der Waals surface area contributed by atoms with E-state index in [0.29, 0.717) is 39.7 Å². The molecule has 0 amide bonds. The minimum absolute atomic E-state index is 0.0372. The minimum Gasteiger partial charge on any atom is -0.490 e. The van der Waals surface area contributed by atoms with E-state index in [1.165, 1.54) is 12.3 Å². The van der Waals surface area contributed by atoms with Gasteiger partial charge in [0, 0.05) is 28.9 Å². The summed E-state index contributed by atoms with van der Waals surface area (Å²) in [5.74, 6) is 0.408. The lowest BCUT2D eigenvalue weighted by Gasteiger charge is -2.27. The van der Waals surface area contributed by atoms with Gasteiger partial charge in [0.15, 0.2) is 0 Å². The van der Waals surface area contributed by atoms with E-state index in [-0.39, 0.29) is 12.4 Å². The van der Waals surface area contributed by atoms with Crippen LogP contribution in [-0.4, -0.2) is 27.1 Å². The van der Waals surface area contributed by atoms with E-state index in [4.69, 9.17) is 22.1 Å². The van der Waals surface area contributed by atoms with Crippen molar-refractivity contribution in [1.29, 1.82) is 0 Å². The summed E-state index contributed by atoms with van der Waals surface area (Å²) in [7, 11) is 0. The molecule has 0 aliphatic carbocycles. The maximum absolute atomic E-state index is 13.6. The van der Waals surface area contributed by atoms with Crippen molar-refractivity contribution in [3.8, 4) is 17.0 Å². The zero-order chi connectivity index (χ0) is 20.5. The Bertz CT molecular complexity index is 972. The Morgan fingerprint density at radius 1 is 1.32 bits per heavy atom. The second-order valence-corrected chi connectivity index (χ2v) is 8.11. The second kappa shape index (κ2) is 8.01. The molecule has 8 heteroatoms. The zero-order valence-electron chi connectivity index (χ0n) is 16.0. The smallest absolute Gasteiger partial charge is 0.284 e. The van der Waals surface area contributed by atoms with Crippen molar-refractivity contribution >= 4 is 22.6 Å². The third-order valence-electron chi connectivity index (χ3n) is 4.30. The summed E-state index contributed by atoms with van der Waals surface area (Å²) in [5, 5.41) is 1.16. The highest BCUT2D eigenvalue weighted by atomic mass is 35.5. The molecule has 3 rings (SSSR count). The molecule has 0 saturated heterocycles. The number of nitrogens with two attached hydrogens (primary N) is 1. The van der Waals surface area contributed by atoms with Gasteiger partial charge in [0.05, 0.1) is 10.7 Å². The van der Waals surface area contributed by atoms with Crippen LogP contribution in [0.15, 0.2) is 30.6 Å². The Balaban J connectivity index is 1.92. The third-order valence-corrected chi connectivity index (χ3v) is 4.50. The van der Waals surface area contributed by atoms with E-state index < -0.39 is 17.7 Å². The van der Waals surface area contributed by atoms with Gasteiger partial charge in [0.25, 0.3) is 6.43 Å². The number of H-pyrrole nitrogens is 1. The molecule has 0 bridgehead atoms. The normalized spacial score (nSPS) is 14.0. The van der Waals surface area contributed by atoms with E-state index >= 15 is 0 Å².